The predicted octanol–water partition coefficient (Wildman–Crippen LogP) is 5.81. The van der Waals surface area contributed by atoms with Gasteiger partial charge in [0, 0.05) is 43.5 Å². The van der Waals surface area contributed by atoms with E-state index >= 15 is 0 Å². The number of aliphatic hydroxyl groups excluding tert-OH is 1. The van der Waals surface area contributed by atoms with E-state index in [1.54, 1.807) is 0 Å². The van der Waals surface area contributed by atoms with Crippen molar-refractivity contribution in [1.29, 1.82) is 0 Å². The molecule has 6 rings (SSSR count). The molecule has 3 aliphatic heterocycles. The molecule has 0 bridgehead atoms. The SMILES string of the molecule is Cc1nccc2cc(-c3ccc(C(C)C4CCN(C(=O)[C@H]5CCCO5)CC4)cc3)ccc12.OCCN1CCCC1. The van der Waals surface area contributed by atoms with E-state index in [1.807, 2.05) is 11.1 Å². The van der Waals surface area contributed by atoms with Gasteiger partial charge < -0.3 is 19.6 Å². The van der Waals surface area contributed by atoms with E-state index in [1.165, 1.54) is 53.4 Å². The number of β-amino-alcohol motifs (C(OH)–C–C–N with tert-alkyl or cyclic N) is 1. The number of aryl methyl sites for hydroxylation is 1. The van der Waals surface area contributed by atoms with Gasteiger partial charge in [-0.25, -0.2) is 0 Å². The summed E-state index contributed by atoms with van der Waals surface area (Å²) in [6.45, 7) is 10.4. The van der Waals surface area contributed by atoms with Crippen molar-refractivity contribution in [2.75, 3.05) is 45.9 Å². The summed E-state index contributed by atoms with van der Waals surface area (Å²) >= 11 is 0. The van der Waals surface area contributed by atoms with Gasteiger partial charge in [-0.3, -0.25) is 9.78 Å². The minimum atomic E-state index is -0.188. The maximum absolute atomic E-state index is 12.6. The van der Waals surface area contributed by atoms with Gasteiger partial charge in [-0.15, -0.1) is 0 Å². The molecule has 2 aromatic carbocycles. The third-order valence-electron chi connectivity index (χ3n) is 9.11. The number of pyridine rings is 1. The summed E-state index contributed by atoms with van der Waals surface area (Å²) in [4.78, 5) is 21.3. The number of likely N-dealkylation sites (tertiary alicyclic amines) is 2. The maximum Gasteiger partial charge on any atom is 0.251 e. The van der Waals surface area contributed by atoms with Gasteiger partial charge in [0.25, 0.3) is 5.91 Å². The lowest BCUT2D eigenvalue weighted by molar-refractivity contribution is -0.142. The highest BCUT2D eigenvalue weighted by molar-refractivity contribution is 5.88. The second kappa shape index (κ2) is 13.7. The molecule has 3 saturated heterocycles. The molecule has 6 heteroatoms. The third kappa shape index (κ3) is 6.91. The highest BCUT2D eigenvalue weighted by Crippen LogP contribution is 2.34. The second-order valence-corrected chi connectivity index (χ2v) is 11.7. The standard InChI is InChI=1S/C28H32N2O2.C6H13NO/c1-19(22-12-15-30(16-13-22)28(31)27-4-3-17-32-27)21-5-7-23(8-6-21)24-9-10-26-20(2)29-14-11-25(26)18-24;8-6-5-7-3-1-2-4-7/h5-11,14,18-19,22,27H,3-4,12-13,15-17H2,1-2H3;8H,1-6H2/t19?,27-;/m1./s1. The molecular formula is C34H45N3O3. The molecule has 1 amide bonds. The number of nitrogens with zero attached hydrogens (tertiary/aromatic N) is 3. The average Bonchev–Trinajstić information content (AvgIpc) is 3.73. The molecule has 3 aliphatic rings. The number of amides is 1. The first-order chi connectivity index (χ1) is 19.5. The first-order valence-corrected chi connectivity index (χ1v) is 15.2. The lowest BCUT2D eigenvalue weighted by atomic mass is 9.81. The zero-order valence-corrected chi connectivity index (χ0v) is 24.2. The van der Waals surface area contributed by atoms with E-state index in [0.717, 1.165) is 57.6 Å². The zero-order chi connectivity index (χ0) is 27.9. The number of piperidine rings is 1. The molecule has 0 spiro atoms. The molecule has 2 atom stereocenters. The second-order valence-electron chi connectivity index (χ2n) is 11.7. The van der Waals surface area contributed by atoms with Crippen LogP contribution in [0.25, 0.3) is 21.9 Å². The van der Waals surface area contributed by atoms with Crippen LogP contribution in [0.1, 0.15) is 62.6 Å². The lowest BCUT2D eigenvalue weighted by Crippen LogP contribution is -2.44. The van der Waals surface area contributed by atoms with Crippen LogP contribution in [0.4, 0.5) is 0 Å². The van der Waals surface area contributed by atoms with Gasteiger partial charge in [0.05, 0.1) is 6.61 Å². The van der Waals surface area contributed by atoms with Gasteiger partial charge in [0.15, 0.2) is 0 Å². The molecule has 3 fully saturated rings. The molecular weight excluding hydrogens is 498 g/mol. The zero-order valence-electron chi connectivity index (χ0n) is 24.2. The molecule has 214 valence electrons. The largest absolute Gasteiger partial charge is 0.395 e. The summed E-state index contributed by atoms with van der Waals surface area (Å²) in [5.74, 6) is 1.32. The van der Waals surface area contributed by atoms with Gasteiger partial charge in [0.2, 0.25) is 0 Å². The van der Waals surface area contributed by atoms with Crippen LogP contribution in [-0.2, 0) is 9.53 Å². The highest BCUT2D eigenvalue weighted by Gasteiger charge is 2.32. The number of rotatable bonds is 6. The Morgan fingerprint density at radius 3 is 2.38 bits per heavy atom. The van der Waals surface area contributed by atoms with Crippen LogP contribution in [0.3, 0.4) is 0 Å². The van der Waals surface area contributed by atoms with E-state index in [0.29, 0.717) is 18.4 Å². The van der Waals surface area contributed by atoms with Crippen LogP contribution < -0.4 is 0 Å². The highest BCUT2D eigenvalue weighted by atomic mass is 16.5. The van der Waals surface area contributed by atoms with E-state index in [4.69, 9.17) is 9.84 Å². The maximum atomic E-state index is 12.6. The molecule has 6 nitrogen and oxygen atoms in total. The molecule has 1 aromatic heterocycles. The van der Waals surface area contributed by atoms with Gasteiger partial charge in [-0.2, -0.15) is 0 Å². The number of aliphatic hydroxyl groups is 1. The van der Waals surface area contributed by atoms with Crippen molar-refractivity contribution >= 4 is 16.7 Å². The monoisotopic (exact) mass is 543 g/mol. The Labute approximate surface area is 239 Å². The van der Waals surface area contributed by atoms with Gasteiger partial charge >= 0.3 is 0 Å². The van der Waals surface area contributed by atoms with Crippen LogP contribution in [0.5, 0.6) is 0 Å². The van der Waals surface area contributed by atoms with Crippen molar-refractivity contribution in [2.45, 2.75) is 64.4 Å². The molecule has 4 heterocycles. The van der Waals surface area contributed by atoms with Crippen molar-refractivity contribution in [3.63, 3.8) is 0 Å². The first-order valence-electron chi connectivity index (χ1n) is 15.2. The van der Waals surface area contributed by atoms with Crippen molar-refractivity contribution in [2.24, 2.45) is 5.92 Å². The molecule has 0 aliphatic carbocycles. The fourth-order valence-electron chi connectivity index (χ4n) is 6.50. The van der Waals surface area contributed by atoms with Crippen LogP contribution in [0.15, 0.2) is 54.7 Å². The smallest absolute Gasteiger partial charge is 0.251 e. The van der Waals surface area contributed by atoms with Gasteiger partial charge in [0.1, 0.15) is 6.10 Å². The minimum absolute atomic E-state index is 0.188. The number of hydrogen-bond donors (Lipinski definition) is 1. The number of carbonyl (C=O) groups is 1. The Kier molecular flexibility index (Phi) is 9.84. The molecule has 40 heavy (non-hydrogen) atoms. The van der Waals surface area contributed by atoms with E-state index < -0.39 is 0 Å². The number of carbonyl (C=O) groups excluding carboxylic acids is 1. The normalized spacial score (nSPS) is 20.9. The number of ether oxygens (including phenoxy) is 1. The van der Waals surface area contributed by atoms with Crippen LogP contribution in [0, 0.1) is 12.8 Å². The van der Waals surface area contributed by atoms with Gasteiger partial charge in [-0.05, 0) is 105 Å². The number of hydrogen-bond acceptors (Lipinski definition) is 5. The average molecular weight is 544 g/mol. The lowest BCUT2D eigenvalue weighted by Gasteiger charge is -2.36. The van der Waals surface area contributed by atoms with E-state index in [2.05, 4.69) is 72.3 Å². The molecule has 1 N–H and O–H groups in total. The summed E-state index contributed by atoms with van der Waals surface area (Å²) in [6, 6.07) is 17.8. The van der Waals surface area contributed by atoms with Crippen molar-refractivity contribution in [3.8, 4) is 11.1 Å². The Hall–Kier alpha value is -2.80. The predicted molar refractivity (Wildman–Crippen MR) is 161 cm³/mol. The quantitative estimate of drug-likeness (QED) is 0.425. The first kappa shape index (κ1) is 28.7. The Morgan fingerprint density at radius 2 is 1.70 bits per heavy atom. The molecule has 0 saturated carbocycles. The Bertz CT molecular complexity index is 1240. The minimum Gasteiger partial charge on any atom is -0.395 e. The van der Waals surface area contributed by atoms with E-state index in [-0.39, 0.29) is 12.0 Å². The summed E-state index contributed by atoms with van der Waals surface area (Å²) in [6.07, 6.45) is 8.36. The van der Waals surface area contributed by atoms with E-state index in [9.17, 15) is 4.79 Å². The third-order valence-corrected chi connectivity index (χ3v) is 9.11. The van der Waals surface area contributed by atoms with Crippen molar-refractivity contribution in [1.82, 2.24) is 14.8 Å². The fourth-order valence-corrected chi connectivity index (χ4v) is 6.50. The van der Waals surface area contributed by atoms with Crippen LogP contribution in [-0.4, -0.2) is 77.8 Å². The Morgan fingerprint density at radius 1 is 0.975 bits per heavy atom. The van der Waals surface area contributed by atoms with Crippen LogP contribution >= 0.6 is 0 Å². The molecule has 3 aromatic rings. The number of fused-ring (bicyclic) bond motifs is 1. The molecule has 1 unspecified atom stereocenters. The van der Waals surface area contributed by atoms with Gasteiger partial charge in [-0.1, -0.05) is 43.3 Å². The number of benzene rings is 2. The van der Waals surface area contributed by atoms with Crippen LogP contribution in [0.2, 0.25) is 0 Å². The fraction of sp³-hybridized carbons (Fsp3) is 0.529. The topological polar surface area (TPSA) is 65.9 Å². The van der Waals surface area contributed by atoms with Crippen molar-refractivity contribution < 1.29 is 14.6 Å². The summed E-state index contributed by atoms with van der Waals surface area (Å²) in [7, 11) is 0. The summed E-state index contributed by atoms with van der Waals surface area (Å²) in [5, 5.41) is 10.9. The number of aromatic nitrogens is 1. The van der Waals surface area contributed by atoms with Crippen molar-refractivity contribution in [3.05, 3.63) is 66.0 Å². The summed E-state index contributed by atoms with van der Waals surface area (Å²) in [5.41, 5.74) is 4.94. The molecule has 0 radical (unpaired) electrons. The Balaban J connectivity index is 0.000000348. The summed E-state index contributed by atoms with van der Waals surface area (Å²) < 4.78 is 5.59.